The zero-order valence-electron chi connectivity index (χ0n) is 24.1. The van der Waals surface area contributed by atoms with Gasteiger partial charge in [-0.1, -0.05) is 140 Å². The average Bonchev–Trinajstić information content (AvgIpc) is 3.49. The quantitative estimate of drug-likeness (QED) is 0.189. The van der Waals surface area contributed by atoms with Crippen LogP contribution in [-0.4, -0.2) is 0 Å². The van der Waals surface area contributed by atoms with Crippen LogP contribution in [0.4, 0.5) is 17.1 Å². The summed E-state index contributed by atoms with van der Waals surface area (Å²) in [7, 11) is 0. The molecule has 0 radical (unpaired) electrons. The minimum absolute atomic E-state index is 1.12. The van der Waals surface area contributed by atoms with Gasteiger partial charge in [0, 0.05) is 37.0 Å². The lowest BCUT2D eigenvalue weighted by Gasteiger charge is -2.30. The third-order valence-electron chi connectivity index (χ3n) is 8.28. The van der Waals surface area contributed by atoms with Gasteiger partial charge in [0.05, 0.1) is 11.4 Å². The largest absolute Gasteiger partial charge is 0.309 e. The van der Waals surface area contributed by atoms with Crippen LogP contribution in [-0.2, 0) is 0 Å². The van der Waals surface area contributed by atoms with Crippen molar-refractivity contribution >= 4 is 48.6 Å². The summed E-state index contributed by atoms with van der Waals surface area (Å²) >= 11 is 1.86. The van der Waals surface area contributed by atoms with E-state index >= 15 is 0 Å². The summed E-state index contributed by atoms with van der Waals surface area (Å²) in [6, 6.07) is 63.3. The fourth-order valence-electron chi connectivity index (χ4n) is 6.29. The second kappa shape index (κ2) is 11.3. The van der Waals surface area contributed by atoms with Crippen LogP contribution in [0.25, 0.3) is 53.6 Å². The Hall–Kier alpha value is -5.44. The maximum Gasteiger partial charge on any atom is 0.0540 e. The van der Waals surface area contributed by atoms with Crippen molar-refractivity contribution < 1.29 is 0 Å². The van der Waals surface area contributed by atoms with Crippen molar-refractivity contribution in [3.8, 4) is 33.4 Å². The SMILES string of the molecule is c1ccc(-c2cccc(N(c3ccccc3-c3ccccc3)c3ccccc3-c3cccc4sc5ccccc5c34)c2)cc1. The van der Waals surface area contributed by atoms with Gasteiger partial charge in [0.15, 0.2) is 0 Å². The number of anilines is 3. The molecule has 0 aliphatic carbocycles. The first-order chi connectivity index (χ1) is 21.8. The topological polar surface area (TPSA) is 3.24 Å². The molecule has 1 aromatic heterocycles. The number of para-hydroxylation sites is 2. The molecule has 0 spiro atoms. The van der Waals surface area contributed by atoms with Crippen LogP contribution in [0, 0.1) is 0 Å². The molecule has 0 N–H and O–H groups in total. The Labute approximate surface area is 261 Å². The summed E-state index contributed by atoms with van der Waals surface area (Å²) < 4.78 is 2.62. The van der Waals surface area contributed by atoms with Gasteiger partial charge >= 0.3 is 0 Å². The predicted octanol–water partition coefficient (Wildman–Crippen LogP) is 12.5. The molecule has 1 nitrogen and oxygen atoms in total. The first-order valence-corrected chi connectivity index (χ1v) is 15.8. The molecule has 0 aliphatic rings. The highest BCUT2D eigenvalue weighted by Crippen LogP contribution is 2.48. The fraction of sp³-hybridized carbons (Fsp3) is 0. The number of benzene rings is 7. The van der Waals surface area contributed by atoms with Crippen LogP contribution in [0.3, 0.4) is 0 Å². The minimum atomic E-state index is 1.12. The summed E-state index contributed by atoms with van der Waals surface area (Å²) in [5, 5.41) is 2.62. The van der Waals surface area contributed by atoms with E-state index in [0.717, 1.165) is 17.1 Å². The van der Waals surface area contributed by atoms with Crippen LogP contribution < -0.4 is 4.90 Å². The monoisotopic (exact) mass is 579 g/mol. The molecular weight excluding hydrogens is 551 g/mol. The summed E-state index contributed by atoms with van der Waals surface area (Å²) in [6.45, 7) is 0. The molecule has 0 saturated carbocycles. The molecule has 8 aromatic rings. The van der Waals surface area contributed by atoms with E-state index in [0.29, 0.717) is 0 Å². The van der Waals surface area contributed by atoms with E-state index in [1.165, 1.54) is 53.6 Å². The van der Waals surface area contributed by atoms with Gasteiger partial charge in [-0.15, -0.1) is 11.3 Å². The number of hydrogen-bond donors (Lipinski definition) is 0. The van der Waals surface area contributed by atoms with Crippen LogP contribution in [0.2, 0.25) is 0 Å². The van der Waals surface area contributed by atoms with Gasteiger partial charge in [-0.25, -0.2) is 0 Å². The Morgan fingerprint density at radius 3 is 1.70 bits per heavy atom. The molecule has 208 valence electrons. The van der Waals surface area contributed by atoms with Gasteiger partial charge in [-0.3, -0.25) is 0 Å². The third-order valence-corrected chi connectivity index (χ3v) is 9.41. The molecule has 44 heavy (non-hydrogen) atoms. The van der Waals surface area contributed by atoms with Gasteiger partial charge in [0.1, 0.15) is 0 Å². The molecule has 0 aliphatic heterocycles. The molecule has 1 heterocycles. The minimum Gasteiger partial charge on any atom is -0.309 e. The maximum absolute atomic E-state index is 2.44. The van der Waals surface area contributed by atoms with E-state index < -0.39 is 0 Å². The zero-order valence-corrected chi connectivity index (χ0v) is 24.9. The average molecular weight is 580 g/mol. The fourth-order valence-corrected chi connectivity index (χ4v) is 7.42. The molecule has 0 amide bonds. The highest BCUT2D eigenvalue weighted by Gasteiger charge is 2.22. The van der Waals surface area contributed by atoms with Crippen molar-refractivity contribution in [3.05, 3.63) is 176 Å². The summed E-state index contributed by atoms with van der Waals surface area (Å²) in [6.07, 6.45) is 0. The van der Waals surface area contributed by atoms with Crippen molar-refractivity contribution in [1.29, 1.82) is 0 Å². The molecule has 7 aromatic carbocycles. The van der Waals surface area contributed by atoms with Crippen molar-refractivity contribution in [3.63, 3.8) is 0 Å². The van der Waals surface area contributed by atoms with Gasteiger partial charge in [-0.2, -0.15) is 0 Å². The van der Waals surface area contributed by atoms with E-state index in [2.05, 4.69) is 181 Å². The van der Waals surface area contributed by atoms with E-state index in [4.69, 9.17) is 0 Å². The lowest BCUT2D eigenvalue weighted by Crippen LogP contribution is -2.12. The van der Waals surface area contributed by atoms with Crippen LogP contribution in [0.15, 0.2) is 176 Å². The summed E-state index contributed by atoms with van der Waals surface area (Å²) in [5.41, 5.74) is 10.6. The Balaban J connectivity index is 1.41. The highest BCUT2D eigenvalue weighted by atomic mass is 32.1. The number of fused-ring (bicyclic) bond motifs is 3. The Kier molecular flexibility index (Phi) is 6.75. The molecule has 0 saturated heterocycles. The van der Waals surface area contributed by atoms with Crippen molar-refractivity contribution in [2.24, 2.45) is 0 Å². The molecular formula is C42H29NS. The third kappa shape index (κ3) is 4.66. The molecule has 0 unspecified atom stereocenters. The van der Waals surface area contributed by atoms with Crippen molar-refractivity contribution in [1.82, 2.24) is 0 Å². The smallest absolute Gasteiger partial charge is 0.0540 e. The van der Waals surface area contributed by atoms with E-state index in [1.807, 2.05) is 11.3 Å². The Morgan fingerprint density at radius 2 is 0.909 bits per heavy atom. The maximum atomic E-state index is 2.44. The molecule has 8 rings (SSSR count). The Bertz CT molecular complexity index is 2230. The molecule has 0 bridgehead atoms. The number of thiophene rings is 1. The highest BCUT2D eigenvalue weighted by molar-refractivity contribution is 7.25. The number of rotatable bonds is 6. The van der Waals surface area contributed by atoms with Crippen molar-refractivity contribution in [2.75, 3.05) is 4.90 Å². The summed E-state index contributed by atoms with van der Waals surface area (Å²) in [4.78, 5) is 2.44. The van der Waals surface area contributed by atoms with Gasteiger partial charge in [0.2, 0.25) is 0 Å². The normalized spacial score (nSPS) is 11.2. The van der Waals surface area contributed by atoms with Gasteiger partial charge in [-0.05, 0) is 58.7 Å². The first-order valence-electron chi connectivity index (χ1n) is 14.9. The van der Waals surface area contributed by atoms with E-state index in [1.54, 1.807) is 0 Å². The second-order valence-corrected chi connectivity index (χ2v) is 12.0. The molecule has 2 heteroatoms. The summed E-state index contributed by atoms with van der Waals surface area (Å²) in [5.74, 6) is 0. The van der Waals surface area contributed by atoms with Crippen LogP contribution in [0.1, 0.15) is 0 Å². The standard InChI is InChI=1S/C42H29NS/c1-3-15-30(16-4-1)32-19-13-20-33(29-32)43(38-25-10-7-21-34(38)31-17-5-2-6-18-31)39-26-11-8-22-35(39)36-24-14-28-41-42(36)37-23-9-12-27-40(37)44-41/h1-29H. The van der Waals surface area contributed by atoms with Crippen LogP contribution in [0.5, 0.6) is 0 Å². The van der Waals surface area contributed by atoms with E-state index in [-0.39, 0.29) is 0 Å². The zero-order chi connectivity index (χ0) is 29.3. The number of hydrogen-bond acceptors (Lipinski definition) is 2. The first kappa shape index (κ1) is 26.2. The lowest BCUT2D eigenvalue weighted by molar-refractivity contribution is 1.28. The molecule has 0 atom stereocenters. The lowest BCUT2D eigenvalue weighted by atomic mass is 9.95. The molecule has 0 fully saturated rings. The number of nitrogens with zero attached hydrogens (tertiary/aromatic N) is 1. The van der Waals surface area contributed by atoms with E-state index in [9.17, 15) is 0 Å². The predicted molar refractivity (Wildman–Crippen MR) is 190 cm³/mol. The Morgan fingerprint density at radius 1 is 0.364 bits per heavy atom. The van der Waals surface area contributed by atoms with Crippen LogP contribution >= 0.6 is 11.3 Å². The second-order valence-electron chi connectivity index (χ2n) is 10.9. The van der Waals surface area contributed by atoms with Gasteiger partial charge in [0.25, 0.3) is 0 Å². The van der Waals surface area contributed by atoms with Gasteiger partial charge < -0.3 is 4.90 Å². The van der Waals surface area contributed by atoms with Crippen molar-refractivity contribution in [2.45, 2.75) is 0 Å².